The molecule has 0 bridgehead atoms. The van der Waals surface area contributed by atoms with Gasteiger partial charge in [0, 0.05) is 30.5 Å². The number of anilines is 1. The number of aliphatic hydroxyl groups excluding tert-OH is 1. The number of benzene rings is 1. The molecule has 1 aliphatic heterocycles. The fraction of sp³-hybridized carbons (Fsp3) is 0.375. The van der Waals surface area contributed by atoms with Gasteiger partial charge in [-0.3, -0.25) is 0 Å². The van der Waals surface area contributed by atoms with Crippen molar-refractivity contribution >= 4 is 33.5 Å². The van der Waals surface area contributed by atoms with Gasteiger partial charge in [-0.25, -0.2) is 9.97 Å². The van der Waals surface area contributed by atoms with Crippen molar-refractivity contribution in [2.24, 2.45) is 5.92 Å². The molecule has 0 radical (unpaired) electrons. The molecule has 1 aromatic carbocycles. The van der Waals surface area contributed by atoms with E-state index in [4.69, 9.17) is 11.6 Å². The summed E-state index contributed by atoms with van der Waals surface area (Å²) < 4.78 is 0.879. The SMILES string of the molecule is OC(c1ccc(Cl)cc1)C1CCN(c2ncc(Br)cn2)CC1. The second-order valence-corrected chi connectivity index (χ2v) is 6.87. The zero-order valence-electron chi connectivity index (χ0n) is 12.0. The van der Waals surface area contributed by atoms with Crippen molar-refractivity contribution in [2.75, 3.05) is 18.0 Å². The molecular weight excluding hydrogens is 366 g/mol. The third-order valence-electron chi connectivity index (χ3n) is 4.09. The monoisotopic (exact) mass is 381 g/mol. The standard InChI is InChI=1S/C16H17BrClN3O/c17-13-9-19-16(20-10-13)21-7-5-12(6-8-21)15(22)11-1-3-14(18)4-2-11/h1-4,9-10,12,15,22H,5-8H2. The molecule has 1 N–H and O–H groups in total. The Morgan fingerprint density at radius 2 is 1.73 bits per heavy atom. The first-order valence-corrected chi connectivity index (χ1v) is 8.46. The topological polar surface area (TPSA) is 49.2 Å². The molecule has 1 unspecified atom stereocenters. The van der Waals surface area contributed by atoms with Crippen LogP contribution in [-0.2, 0) is 0 Å². The van der Waals surface area contributed by atoms with E-state index in [1.54, 1.807) is 12.4 Å². The Bertz CT molecular complexity index is 612. The fourth-order valence-corrected chi connectivity index (χ4v) is 3.15. The van der Waals surface area contributed by atoms with E-state index in [0.717, 1.165) is 41.9 Å². The largest absolute Gasteiger partial charge is 0.388 e. The van der Waals surface area contributed by atoms with Crippen LogP contribution in [0.3, 0.4) is 0 Å². The van der Waals surface area contributed by atoms with Gasteiger partial charge in [0.2, 0.25) is 5.95 Å². The number of rotatable bonds is 3. The Morgan fingerprint density at radius 1 is 1.14 bits per heavy atom. The van der Waals surface area contributed by atoms with Gasteiger partial charge in [0.15, 0.2) is 0 Å². The summed E-state index contributed by atoms with van der Waals surface area (Å²) >= 11 is 9.24. The Kier molecular flexibility index (Phi) is 4.96. The van der Waals surface area contributed by atoms with E-state index in [9.17, 15) is 5.11 Å². The van der Waals surface area contributed by atoms with E-state index in [-0.39, 0.29) is 5.92 Å². The highest BCUT2D eigenvalue weighted by Gasteiger charge is 2.27. The number of piperidine rings is 1. The van der Waals surface area contributed by atoms with Crippen LogP contribution in [0, 0.1) is 5.92 Å². The lowest BCUT2D eigenvalue weighted by atomic mass is 9.87. The zero-order valence-corrected chi connectivity index (χ0v) is 14.3. The van der Waals surface area contributed by atoms with Crippen LogP contribution in [-0.4, -0.2) is 28.2 Å². The Morgan fingerprint density at radius 3 is 2.32 bits per heavy atom. The third-order valence-corrected chi connectivity index (χ3v) is 4.75. The van der Waals surface area contributed by atoms with Crippen molar-refractivity contribution in [2.45, 2.75) is 18.9 Å². The van der Waals surface area contributed by atoms with Gasteiger partial charge in [-0.2, -0.15) is 0 Å². The molecule has 0 aliphatic carbocycles. The molecule has 1 fully saturated rings. The van der Waals surface area contributed by atoms with Gasteiger partial charge in [-0.1, -0.05) is 23.7 Å². The second-order valence-electron chi connectivity index (χ2n) is 5.52. The van der Waals surface area contributed by atoms with Gasteiger partial charge in [0.05, 0.1) is 10.6 Å². The average Bonchev–Trinajstić information content (AvgIpc) is 2.56. The van der Waals surface area contributed by atoms with Crippen LogP contribution >= 0.6 is 27.5 Å². The Balaban J connectivity index is 1.61. The van der Waals surface area contributed by atoms with E-state index in [1.807, 2.05) is 24.3 Å². The molecule has 0 amide bonds. The molecule has 2 heterocycles. The molecule has 4 nitrogen and oxygen atoms in total. The maximum absolute atomic E-state index is 10.5. The number of hydrogen-bond acceptors (Lipinski definition) is 4. The molecule has 1 aromatic heterocycles. The molecule has 22 heavy (non-hydrogen) atoms. The number of aliphatic hydroxyl groups is 1. The first-order chi connectivity index (χ1) is 10.6. The van der Waals surface area contributed by atoms with Crippen LogP contribution in [0.2, 0.25) is 5.02 Å². The molecule has 1 atom stereocenters. The molecular formula is C16H17BrClN3O. The van der Waals surface area contributed by atoms with Crippen molar-refractivity contribution in [3.05, 3.63) is 51.7 Å². The van der Waals surface area contributed by atoms with Gasteiger partial charge in [-0.05, 0) is 52.4 Å². The van der Waals surface area contributed by atoms with Gasteiger partial charge in [-0.15, -0.1) is 0 Å². The van der Waals surface area contributed by atoms with E-state index in [2.05, 4.69) is 30.8 Å². The summed E-state index contributed by atoms with van der Waals surface area (Å²) in [7, 11) is 0. The van der Waals surface area contributed by atoms with Crippen LogP contribution in [0.1, 0.15) is 24.5 Å². The minimum absolute atomic E-state index is 0.257. The summed E-state index contributed by atoms with van der Waals surface area (Å²) in [4.78, 5) is 10.8. The van der Waals surface area contributed by atoms with Crippen molar-refractivity contribution in [3.63, 3.8) is 0 Å². The number of aromatic nitrogens is 2. The predicted octanol–water partition coefficient (Wildman–Crippen LogP) is 3.84. The number of nitrogens with zero attached hydrogens (tertiary/aromatic N) is 3. The highest BCUT2D eigenvalue weighted by atomic mass is 79.9. The van der Waals surface area contributed by atoms with Crippen molar-refractivity contribution < 1.29 is 5.11 Å². The molecule has 0 saturated carbocycles. The minimum Gasteiger partial charge on any atom is -0.388 e. The van der Waals surface area contributed by atoms with Crippen LogP contribution in [0.15, 0.2) is 41.1 Å². The number of halogens is 2. The van der Waals surface area contributed by atoms with Gasteiger partial charge in [0.25, 0.3) is 0 Å². The summed E-state index contributed by atoms with van der Waals surface area (Å²) in [6.45, 7) is 1.72. The first-order valence-electron chi connectivity index (χ1n) is 7.29. The highest BCUT2D eigenvalue weighted by molar-refractivity contribution is 9.10. The Labute approximate surface area is 143 Å². The van der Waals surface area contributed by atoms with Crippen LogP contribution < -0.4 is 4.90 Å². The maximum Gasteiger partial charge on any atom is 0.225 e. The van der Waals surface area contributed by atoms with Crippen molar-refractivity contribution in [1.82, 2.24) is 9.97 Å². The van der Waals surface area contributed by atoms with E-state index in [1.165, 1.54) is 0 Å². The van der Waals surface area contributed by atoms with E-state index < -0.39 is 6.10 Å². The smallest absolute Gasteiger partial charge is 0.225 e. The van der Waals surface area contributed by atoms with Gasteiger partial charge >= 0.3 is 0 Å². The zero-order chi connectivity index (χ0) is 15.5. The normalized spacial score (nSPS) is 17.5. The molecule has 2 aromatic rings. The van der Waals surface area contributed by atoms with Crippen LogP contribution in [0.4, 0.5) is 5.95 Å². The van der Waals surface area contributed by atoms with Crippen LogP contribution in [0.5, 0.6) is 0 Å². The Hall–Kier alpha value is -1.17. The average molecular weight is 383 g/mol. The van der Waals surface area contributed by atoms with Gasteiger partial charge in [0.1, 0.15) is 0 Å². The summed E-state index contributed by atoms with van der Waals surface area (Å²) in [6.07, 6.45) is 4.92. The van der Waals surface area contributed by atoms with Crippen molar-refractivity contribution in [1.29, 1.82) is 0 Å². The lowest BCUT2D eigenvalue weighted by Gasteiger charge is -2.34. The molecule has 0 spiro atoms. The quantitative estimate of drug-likeness (QED) is 0.876. The summed E-state index contributed by atoms with van der Waals surface area (Å²) in [5.74, 6) is 1.01. The summed E-state index contributed by atoms with van der Waals surface area (Å²) in [6, 6.07) is 7.45. The van der Waals surface area contributed by atoms with E-state index >= 15 is 0 Å². The fourth-order valence-electron chi connectivity index (χ4n) is 2.82. The highest BCUT2D eigenvalue weighted by Crippen LogP contribution is 2.32. The first kappa shape index (κ1) is 15.7. The number of hydrogen-bond donors (Lipinski definition) is 1. The van der Waals surface area contributed by atoms with E-state index in [0.29, 0.717) is 5.02 Å². The minimum atomic E-state index is -0.440. The molecule has 1 aliphatic rings. The van der Waals surface area contributed by atoms with Crippen molar-refractivity contribution in [3.8, 4) is 0 Å². The predicted molar refractivity (Wildman–Crippen MR) is 91.1 cm³/mol. The molecule has 116 valence electrons. The molecule has 3 rings (SSSR count). The van der Waals surface area contributed by atoms with Gasteiger partial charge < -0.3 is 10.0 Å². The summed E-state index contributed by atoms with van der Waals surface area (Å²) in [5, 5.41) is 11.2. The van der Waals surface area contributed by atoms with Crippen LogP contribution in [0.25, 0.3) is 0 Å². The third kappa shape index (κ3) is 3.59. The lowest BCUT2D eigenvalue weighted by molar-refractivity contribution is 0.0928. The summed E-state index contributed by atoms with van der Waals surface area (Å²) in [5.41, 5.74) is 0.933. The lowest BCUT2D eigenvalue weighted by Crippen LogP contribution is -2.36. The molecule has 1 saturated heterocycles. The maximum atomic E-state index is 10.5. The molecule has 6 heteroatoms. The second kappa shape index (κ2) is 6.94.